The Morgan fingerprint density at radius 1 is 1.38 bits per heavy atom. The third kappa shape index (κ3) is 3.24. The van der Waals surface area contributed by atoms with Gasteiger partial charge in [-0.15, -0.1) is 0 Å². The van der Waals surface area contributed by atoms with Gasteiger partial charge in [0.25, 0.3) is 0 Å². The summed E-state index contributed by atoms with van der Waals surface area (Å²) < 4.78 is 4.89. The van der Waals surface area contributed by atoms with E-state index in [1.807, 2.05) is 0 Å². The van der Waals surface area contributed by atoms with E-state index < -0.39 is 5.60 Å². The molecule has 0 saturated heterocycles. The number of rotatable bonds is 4. The number of hydrogen-bond donors (Lipinski definition) is 2. The average Bonchev–Trinajstić information content (AvgIpc) is 2.26. The number of esters is 1. The van der Waals surface area contributed by atoms with Gasteiger partial charge < -0.3 is 14.9 Å². The molecule has 1 aromatic rings. The van der Waals surface area contributed by atoms with Crippen LogP contribution in [-0.2, 0) is 15.1 Å². The van der Waals surface area contributed by atoms with Crippen molar-refractivity contribution in [2.75, 3.05) is 6.61 Å². The quantitative estimate of drug-likeness (QED) is 0.761. The molecule has 0 spiro atoms. The van der Waals surface area contributed by atoms with Crippen molar-refractivity contribution in [3.8, 4) is 5.75 Å². The zero-order valence-corrected chi connectivity index (χ0v) is 9.43. The molecule has 0 bridgehead atoms. The SMILES string of the molecule is CCC(=O)OCC(C)(O)c1ccc(O)cc1. The summed E-state index contributed by atoms with van der Waals surface area (Å²) >= 11 is 0. The first-order valence-corrected chi connectivity index (χ1v) is 5.13. The number of benzene rings is 1. The lowest BCUT2D eigenvalue weighted by Gasteiger charge is -2.23. The Balaban J connectivity index is 2.69. The number of carbonyl (C=O) groups is 1. The molecule has 0 radical (unpaired) electrons. The Bertz CT molecular complexity index is 354. The Labute approximate surface area is 94.5 Å². The maximum absolute atomic E-state index is 11.0. The summed E-state index contributed by atoms with van der Waals surface area (Å²) in [7, 11) is 0. The van der Waals surface area contributed by atoms with Crippen molar-refractivity contribution in [3.05, 3.63) is 29.8 Å². The van der Waals surface area contributed by atoms with Gasteiger partial charge >= 0.3 is 5.97 Å². The van der Waals surface area contributed by atoms with Gasteiger partial charge in [0.2, 0.25) is 0 Å². The molecule has 1 rings (SSSR count). The smallest absolute Gasteiger partial charge is 0.305 e. The van der Waals surface area contributed by atoms with Crippen LogP contribution >= 0.6 is 0 Å². The number of ether oxygens (including phenoxy) is 1. The highest BCUT2D eigenvalue weighted by Crippen LogP contribution is 2.23. The van der Waals surface area contributed by atoms with Crippen molar-refractivity contribution in [3.63, 3.8) is 0 Å². The Morgan fingerprint density at radius 2 is 1.94 bits per heavy atom. The first-order chi connectivity index (χ1) is 7.45. The molecule has 0 aliphatic heterocycles. The van der Waals surface area contributed by atoms with E-state index in [1.54, 1.807) is 26.0 Å². The molecule has 1 aromatic carbocycles. The fourth-order valence-corrected chi connectivity index (χ4v) is 1.23. The van der Waals surface area contributed by atoms with E-state index in [1.165, 1.54) is 12.1 Å². The van der Waals surface area contributed by atoms with Crippen LogP contribution in [0.15, 0.2) is 24.3 Å². The number of aliphatic hydroxyl groups is 1. The van der Waals surface area contributed by atoms with Gasteiger partial charge in [0.05, 0.1) is 0 Å². The van der Waals surface area contributed by atoms with Crippen molar-refractivity contribution >= 4 is 5.97 Å². The second-order valence-corrected chi connectivity index (χ2v) is 3.83. The van der Waals surface area contributed by atoms with E-state index in [0.717, 1.165) is 0 Å². The van der Waals surface area contributed by atoms with Gasteiger partial charge in [0, 0.05) is 6.42 Å². The molecule has 0 aliphatic rings. The van der Waals surface area contributed by atoms with E-state index >= 15 is 0 Å². The molecule has 0 aliphatic carbocycles. The first kappa shape index (κ1) is 12.5. The lowest BCUT2D eigenvalue weighted by Crippen LogP contribution is -2.29. The van der Waals surface area contributed by atoms with Crippen LogP contribution in [0.5, 0.6) is 5.75 Å². The normalized spacial score (nSPS) is 14.2. The van der Waals surface area contributed by atoms with Crippen LogP contribution in [-0.4, -0.2) is 22.8 Å². The van der Waals surface area contributed by atoms with Gasteiger partial charge in [-0.25, -0.2) is 0 Å². The van der Waals surface area contributed by atoms with Crippen LogP contribution in [0.1, 0.15) is 25.8 Å². The molecular weight excluding hydrogens is 208 g/mol. The Morgan fingerprint density at radius 3 is 2.44 bits per heavy atom. The van der Waals surface area contributed by atoms with Crippen LogP contribution in [0.2, 0.25) is 0 Å². The van der Waals surface area contributed by atoms with Crippen molar-refractivity contribution in [2.24, 2.45) is 0 Å². The molecule has 0 fully saturated rings. The van der Waals surface area contributed by atoms with Crippen LogP contribution < -0.4 is 0 Å². The van der Waals surface area contributed by atoms with Gasteiger partial charge in [-0.05, 0) is 24.6 Å². The topological polar surface area (TPSA) is 66.8 Å². The number of aromatic hydroxyl groups is 1. The fraction of sp³-hybridized carbons (Fsp3) is 0.417. The summed E-state index contributed by atoms with van der Waals surface area (Å²) in [5.74, 6) is -0.218. The van der Waals surface area contributed by atoms with Crippen molar-refractivity contribution < 1.29 is 19.7 Å². The molecule has 0 saturated carbocycles. The van der Waals surface area contributed by atoms with E-state index in [2.05, 4.69) is 0 Å². The molecule has 0 aromatic heterocycles. The summed E-state index contributed by atoms with van der Waals surface area (Å²) in [6, 6.07) is 6.14. The van der Waals surface area contributed by atoms with Crippen LogP contribution in [0.4, 0.5) is 0 Å². The Hall–Kier alpha value is -1.55. The molecular formula is C12H16O4. The van der Waals surface area contributed by atoms with Crippen molar-refractivity contribution in [2.45, 2.75) is 25.9 Å². The number of carbonyl (C=O) groups excluding carboxylic acids is 1. The summed E-state index contributed by atoms with van der Waals surface area (Å²) in [5, 5.41) is 19.2. The molecule has 2 N–H and O–H groups in total. The lowest BCUT2D eigenvalue weighted by atomic mass is 9.97. The zero-order valence-electron chi connectivity index (χ0n) is 9.43. The predicted molar refractivity (Wildman–Crippen MR) is 58.9 cm³/mol. The van der Waals surface area contributed by atoms with Gasteiger partial charge in [0.1, 0.15) is 18.0 Å². The van der Waals surface area contributed by atoms with Crippen LogP contribution in [0.3, 0.4) is 0 Å². The highest BCUT2D eigenvalue weighted by atomic mass is 16.5. The highest BCUT2D eigenvalue weighted by molar-refractivity contribution is 5.68. The summed E-state index contributed by atoms with van der Waals surface area (Å²) in [4.78, 5) is 11.0. The second kappa shape index (κ2) is 4.99. The standard InChI is InChI=1S/C12H16O4/c1-3-11(14)16-8-12(2,15)9-4-6-10(13)7-5-9/h4-7,13,15H,3,8H2,1-2H3. The first-order valence-electron chi connectivity index (χ1n) is 5.13. The van der Waals surface area contributed by atoms with E-state index in [9.17, 15) is 9.90 Å². The minimum absolute atomic E-state index is 0.0928. The molecule has 0 heterocycles. The van der Waals surface area contributed by atoms with E-state index in [0.29, 0.717) is 5.56 Å². The predicted octanol–water partition coefficient (Wildman–Crippen LogP) is 1.55. The zero-order chi connectivity index (χ0) is 12.2. The van der Waals surface area contributed by atoms with E-state index in [-0.39, 0.29) is 24.7 Å². The third-order valence-electron chi connectivity index (χ3n) is 2.29. The lowest BCUT2D eigenvalue weighted by molar-refractivity contribution is -0.150. The molecule has 4 nitrogen and oxygen atoms in total. The molecule has 16 heavy (non-hydrogen) atoms. The second-order valence-electron chi connectivity index (χ2n) is 3.83. The number of phenols is 1. The fourth-order valence-electron chi connectivity index (χ4n) is 1.23. The number of hydrogen-bond acceptors (Lipinski definition) is 4. The molecule has 1 atom stereocenters. The minimum Gasteiger partial charge on any atom is -0.508 e. The highest BCUT2D eigenvalue weighted by Gasteiger charge is 2.24. The number of phenolic OH excluding ortho intramolecular Hbond substituents is 1. The van der Waals surface area contributed by atoms with Gasteiger partial charge in [-0.2, -0.15) is 0 Å². The molecule has 88 valence electrons. The van der Waals surface area contributed by atoms with Crippen molar-refractivity contribution in [1.82, 2.24) is 0 Å². The summed E-state index contributed by atoms with van der Waals surface area (Å²) in [5.41, 5.74) is -0.646. The van der Waals surface area contributed by atoms with Gasteiger partial charge in [-0.1, -0.05) is 19.1 Å². The molecule has 0 amide bonds. The molecule has 1 unspecified atom stereocenters. The summed E-state index contributed by atoms with van der Waals surface area (Å²) in [6.45, 7) is 3.16. The molecule has 4 heteroatoms. The van der Waals surface area contributed by atoms with Crippen molar-refractivity contribution in [1.29, 1.82) is 0 Å². The summed E-state index contributed by atoms with van der Waals surface area (Å²) in [6.07, 6.45) is 0.283. The maximum Gasteiger partial charge on any atom is 0.305 e. The van der Waals surface area contributed by atoms with Crippen LogP contribution in [0, 0.1) is 0 Å². The third-order valence-corrected chi connectivity index (χ3v) is 2.29. The van der Waals surface area contributed by atoms with Crippen LogP contribution in [0.25, 0.3) is 0 Å². The largest absolute Gasteiger partial charge is 0.508 e. The average molecular weight is 224 g/mol. The minimum atomic E-state index is -1.24. The van der Waals surface area contributed by atoms with Gasteiger partial charge in [0.15, 0.2) is 0 Å². The maximum atomic E-state index is 11.0. The monoisotopic (exact) mass is 224 g/mol. The van der Waals surface area contributed by atoms with Gasteiger partial charge in [-0.3, -0.25) is 4.79 Å². The Kier molecular flexibility index (Phi) is 3.90. The van der Waals surface area contributed by atoms with E-state index in [4.69, 9.17) is 9.84 Å².